The fraction of sp³-hybridized carbons (Fsp3) is 0.636. The van der Waals surface area contributed by atoms with Crippen molar-refractivity contribution in [3.05, 3.63) is 15.8 Å². The van der Waals surface area contributed by atoms with Gasteiger partial charge in [0.2, 0.25) is 0 Å². The Hall–Kier alpha value is -0.920. The zero-order valence-corrected chi connectivity index (χ0v) is 12.4. The fourth-order valence-corrected chi connectivity index (χ4v) is 2.08. The van der Waals surface area contributed by atoms with Crippen molar-refractivity contribution in [3.8, 4) is 5.75 Å². The Morgan fingerprint density at radius 2 is 1.78 bits per heavy atom. The summed E-state index contributed by atoms with van der Waals surface area (Å²) in [4.78, 5) is 2.55. The van der Waals surface area contributed by atoms with Crippen LogP contribution >= 0.6 is 11.3 Å². The second kappa shape index (κ2) is 10.0. The van der Waals surface area contributed by atoms with E-state index in [0.717, 1.165) is 18.8 Å². The lowest BCUT2D eigenvalue weighted by atomic mass is 10.4. The Kier molecular flexibility index (Phi) is 9.53. The summed E-state index contributed by atoms with van der Waals surface area (Å²) >= 11 is 1.77. The molecule has 0 aliphatic rings. The molecule has 0 fully saturated rings. The van der Waals surface area contributed by atoms with Crippen molar-refractivity contribution >= 4 is 21.9 Å². The molecule has 0 N–H and O–H groups in total. The van der Waals surface area contributed by atoms with Crippen molar-refractivity contribution in [3.63, 3.8) is 0 Å². The molecule has 0 bridgehead atoms. The molecule has 0 aliphatic carbocycles. The number of hydrogen-bond acceptors (Lipinski definition) is 6. The van der Waals surface area contributed by atoms with Gasteiger partial charge in [0, 0.05) is 16.4 Å². The van der Waals surface area contributed by atoms with E-state index in [1.807, 2.05) is 0 Å². The van der Waals surface area contributed by atoms with Crippen molar-refractivity contribution in [1.82, 2.24) is 0 Å². The van der Waals surface area contributed by atoms with Gasteiger partial charge in [0.1, 0.15) is 12.4 Å². The average molecular weight is 294 g/mol. The first-order valence-corrected chi connectivity index (χ1v) is 7.33. The molecule has 104 valence electrons. The minimum atomic E-state index is -3.11. The van der Waals surface area contributed by atoms with Gasteiger partial charge in [-0.05, 0) is 26.3 Å². The summed E-state index contributed by atoms with van der Waals surface area (Å²) in [5.74, 6) is 1.01. The molecular formula is C11H18O5S2. The Balaban J connectivity index is 0.000000631. The number of rotatable bonds is 6. The molecule has 0 saturated heterocycles. The van der Waals surface area contributed by atoms with E-state index in [1.54, 1.807) is 11.3 Å². The van der Waals surface area contributed by atoms with Crippen molar-refractivity contribution in [2.75, 3.05) is 19.8 Å². The van der Waals surface area contributed by atoms with Gasteiger partial charge in [-0.15, -0.1) is 24.0 Å². The lowest BCUT2D eigenvalue weighted by Crippen LogP contribution is -2.07. The molecule has 0 aliphatic heterocycles. The Labute approximate surface area is 113 Å². The maximum atomic E-state index is 8.44. The van der Waals surface area contributed by atoms with Gasteiger partial charge in [-0.2, -0.15) is 0 Å². The van der Waals surface area contributed by atoms with E-state index < -0.39 is 10.6 Å². The predicted octanol–water partition coefficient (Wildman–Crippen LogP) is 2.17. The normalized spacial score (nSPS) is 9.50. The van der Waals surface area contributed by atoms with E-state index in [-0.39, 0.29) is 0 Å². The number of aryl methyl sites for hydroxylation is 2. The maximum Gasteiger partial charge on any atom is 0.425 e. The molecule has 1 aromatic rings. The molecule has 0 aromatic carbocycles. The highest BCUT2D eigenvalue weighted by atomic mass is 32.2. The highest BCUT2D eigenvalue weighted by Crippen LogP contribution is 2.27. The van der Waals surface area contributed by atoms with E-state index >= 15 is 0 Å². The molecule has 18 heavy (non-hydrogen) atoms. The van der Waals surface area contributed by atoms with Gasteiger partial charge < -0.3 is 9.47 Å². The second-order valence-electron chi connectivity index (χ2n) is 3.44. The van der Waals surface area contributed by atoms with Gasteiger partial charge in [0.15, 0.2) is 0 Å². The lowest BCUT2D eigenvalue weighted by molar-refractivity contribution is 0.101. The summed E-state index contributed by atoms with van der Waals surface area (Å²) in [5, 5.41) is 0. The third kappa shape index (κ3) is 9.15. The smallest absolute Gasteiger partial charge is 0.425 e. The molecule has 1 heterocycles. The predicted molar refractivity (Wildman–Crippen MR) is 70.1 cm³/mol. The quantitative estimate of drug-likeness (QED) is 0.752. The zero-order valence-electron chi connectivity index (χ0n) is 10.8. The standard InChI is InChI=1S/C11H18O2S.O3S/c1-4-5-12-6-7-13-11-8-9(2)14-10(11)3;1-4(2)3/h8H,4-7H2,1-3H3;. The molecule has 5 nitrogen and oxygen atoms in total. The van der Waals surface area contributed by atoms with Crippen LogP contribution in [0.5, 0.6) is 5.75 Å². The van der Waals surface area contributed by atoms with Gasteiger partial charge in [-0.25, -0.2) is 0 Å². The Morgan fingerprint density at radius 1 is 1.17 bits per heavy atom. The number of thiophene rings is 1. The highest BCUT2D eigenvalue weighted by molar-refractivity contribution is 7.59. The monoisotopic (exact) mass is 294 g/mol. The van der Waals surface area contributed by atoms with Crippen molar-refractivity contribution < 1.29 is 22.1 Å². The largest absolute Gasteiger partial charge is 0.490 e. The van der Waals surface area contributed by atoms with E-state index in [4.69, 9.17) is 22.1 Å². The van der Waals surface area contributed by atoms with Crippen LogP contribution in [-0.4, -0.2) is 32.4 Å². The van der Waals surface area contributed by atoms with Gasteiger partial charge in [-0.1, -0.05) is 6.92 Å². The van der Waals surface area contributed by atoms with Gasteiger partial charge in [-0.3, -0.25) is 0 Å². The Morgan fingerprint density at radius 3 is 2.22 bits per heavy atom. The fourth-order valence-electron chi connectivity index (χ4n) is 1.21. The van der Waals surface area contributed by atoms with Crippen LogP contribution in [0.25, 0.3) is 0 Å². The summed E-state index contributed by atoms with van der Waals surface area (Å²) < 4.78 is 36.3. The van der Waals surface area contributed by atoms with Crippen molar-refractivity contribution in [2.24, 2.45) is 0 Å². The highest BCUT2D eigenvalue weighted by Gasteiger charge is 2.02. The minimum Gasteiger partial charge on any atom is -0.490 e. The molecule has 0 radical (unpaired) electrons. The van der Waals surface area contributed by atoms with E-state index in [9.17, 15) is 0 Å². The third-order valence-corrected chi connectivity index (χ3v) is 2.78. The molecular weight excluding hydrogens is 276 g/mol. The summed E-state index contributed by atoms with van der Waals surface area (Å²) in [6.07, 6.45) is 1.07. The third-order valence-electron chi connectivity index (χ3n) is 1.83. The van der Waals surface area contributed by atoms with Crippen LogP contribution in [0.4, 0.5) is 0 Å². The summed E-state index contributed by atoms with van der Waals surface area (Å²) in [7, 11) is -3.11. The molecule has 0 saturated carbocycles. The molecule has 7 heteroatoms. The van der Waals surface area contributed by atoms with Crippen LogP contribution in [0.15, 0.2) is 6.07 Å². The van der Waals surface area contributed by atoms with Crippen molar-refractivity contribution in [1.29, 1.82) is 0 Å². The average Bonchev–Trinajstić information content (AvgIpc) is 2.56. The molecule has 0 atom stereocenters. The van der Waals surface area contributed by atoms with E-state index in [1.165, 1.54) is 9.75 Å². The van der Waals surface area contributed by atoms with Gasteiger partial charge in [0.25, 0.3) is 0 Å². The van der Waals surface area contributed by atoms with Crippen LogP contribution in [0.2, 0.25) is 0 Å². The summed E-state index contributed by atoms with van der Waals surface area (Å²) in [5.41, 5.74) is 0. The first-order chi connectivity index (χ1) is 8.47. The zero-order chi connectivity index (χ0) is 14.0. The molecule has 0 spiro atoms. The SMILES string of the molecule is CCCOCCOc1cc(C)sc1C.O=S(=O)=O. The summed E-state index contributed by atoms with van der Waals surface area (Å²) in [6.45, 7) is 8.44. The maximum absolute atomic E-state index is 8.44. The molecule has 1 rings (SSSR count). The number of ether oxygens (including phenoxy) is 2. The second-order valence-corrected chi connectivity index (χ2v) is 5.31. The topological polar surface area (TPSA) is 69.7 Å². The van der Waals surface area contributed by atoms with Gasteiger partial charge in [0.05, 0.1) is 6.61 Å². The summed E-state index contributed by atoms with van der Waals surface area (Å²) in [6, 6.07) is 2.08. The number of hydrogen-bond donors (Lipinski definition) is 0. The van der Waals surface area contributed by atoms with Crippen LogP contribution in [-0.2, 0) is 15.3 Å². The molecule has 1 aromatic heterocycles. The molecule has 0 unspecified atom stereocenters. The lowest BCUT2D eigenvalue weighted by Gasteiger charge is -2.05. The minimum absolute atomic E-state index is 0.650. The van der Waals surface area contributed by atoms with Crippen LogP contribution in [0.1, 0.15) is 23.1 Å². The molecule has 0 amide bonds. The van der Waals surface area contributed by atoms with E-state index in [2.05, 4.69) is 26.8 Å². The van der Waals surface area contributed by atoms with Crippen LogP contribution in [0.3, 0.4) is 0 Å². The van der Waals surface area contributed by atoms with Crippen LogP contribution in [0, 0.1) is 13.8 Å². The Bertz CT molecular complexity index is 428. The first-order valence-electron chi connectivity index (χ1n) is 5.51. The van der Waals surface area contributed by atoms with Gasteiger partial charge >= 0.3 is 10.6 Å². The van der Waals surface area contributed by atoms with E-state index in [0.29, 0.717) is 13.2 Å². The van der Waals surface area contributed by atoms with Crippen LogP contribution < -0.4 is 4.74 Å². The van der Waals surface area contributed by atoms with Crippen molar-refractivity contribution in [2.45, 2.75) is 27.2 Å². The first kappa shape index (κ1) is 17.1.